The summed E-state index contributed by atoms with van der Waals surface area (Å²) in [6, 6.07) is 5.74. The fourth-order valence-corrected chi connectivity index (χ4v) is 2.70. The van der Waals surface area contributed by atoms with Crippen molar-refractivity contribution < 1.29 is 9.15 Å². The van der Waals surface area contributed by atoms with Crippen molar-refractivity contribution >= 4 is 11.1 Å². The highest BCUT2D eigenvalue weighted by atomic mass is 16.5. The fourth-order valence-electron chi connectivity index (χ4n) is 2.70. The van der Waals surface area contributed by atoms with Gasteiger partial charge < -0.3 is 14.9 Å². The molecule has 2 aromatic rings. The number of oxazole rings is 1. The van der Waals surface area contributed by atoms with E-state index in [1.54, 1.807) is 7.05 Å². The predicted octanol–water partition coefficient (Wildman–Crippen LogP) is 1.56. The van der Waals surface area contributed by atoms with Crippen LogP contribution in [-0.2, 0) is 11.8 Å². The molecule has 102 valence electrons. The molecule has 0 bridgehead atoms. The van der Waals surface area contributed by atoms with Crippen LogP contribution >= 0.6 is 0 Å². The Morgan fingerprint density at radius 3 is 2.84 bits per heavy atom. The van der Waals surface area contributed by atoms with Crippen LogP contribution in [0.4, 0.5) is 0 Å². The average Bonchev–Trinajstić information content (AvgIpc) is 2.74. The summed E-state index contributed by atoms with van der Waals surface area (Å²) in [5.74, 6) is 0.0911. The second-order valence-corrected chi connectivity index (χ2v) is 5.13. The number of hydrogen-bond donors (Lipinski definition) is 1. The van der Waals surface area contributed by atoms with Crippen molar-refractivity contribution in [2.75, 3.05) is 13.2 Å². The monoisotopic (exact) mass is 262 g/mol. The molecule has 1 fully saturated rings. The first kappa shape index (κ1) is 12.4. The lowest BCUT2D eigenvalue weighted by Gasteiger charge is -2.27. The van der Waals surface area contributed by atoms with Gasteiger partial charge in [-0.15, -0.1) is 0 Å². The Labute approximate surface area is 111 Å². The molecule has 3 rings (SSSR count). The van der Waals surface area contributed by atoms with Gasteiger partial charge in [0.25, 0.3) is 0 Å². The minimum atomic E-state index is -0.341. The molecule has 19 heavy (non-hydrogen) atoms. The summed E-state index contributed by atoms with van der Waals surface area (Å²) in [5, 5.41) is 0. The van der Waals surface area contributed by atoms with Gasteiger partial charge in [-0.05, 0) is 36.5 Å². The SMILES string of the molecule is Cn1c(=O)oc2cc(C(N)C3CCOCC3)ccc21. The Bertz CT molecular complexity index is 638. The van der Waals surface area contributed by atoms with Crippen LogP contribution in [-0.4, -0.2) is 17.8 Å². The highest BCUT2D eigenvalue weighted by Crippen LogP contribution is 2.29. The molecule has 1 atom stereocenters. The van der Waals surface area contributed by atoms with Crippen molar-refractivity contribution in [2.24, 2.45) is 18.7 Å². The van der Waals surface area contributed by atoms with Gasteiger partial charge in [0.05, 0.1) is 5.52 Å². The Balaban J connectivity index is 1.94. The van der Waals surface area contributed by atoms with Crippen molar-refractivity contribution in [3.05, 3.63) is 34.3 Å². The topological polar surface area (TPSA) is 70.4 Å². The van der Waals surface area contributed by atoms with Crippen LogP contribution in [0, 0.1) is 5.92 Å². The molecule has 0 amide bonds. The summed E-state index contributed by atoms with van der Waals surface area (Å²) < 4.78 is 12.1. The number of fused-ring (bicyclic) bond motifs is 1. The fraction of sp³-hybridized carbons (Fsp3) is 0.500. The van der Waals surface area contributed by atoms with Gasteiger partial charge in [0.1, 0.15) is 0 Å². The van der Waals surface area contributed by atoms with E-state index >= 15 is 0 Å². The molecule has 2 N–H and O–H groups in total. The maximum absolute atomic E-state index is 11.5. The number of benzene rings is 1. The van der Waals surface area contributed by atoms with E-state index in [4.69, 9.17) is 14.9 Å². The second-order valence-electron chi connectivity index (χ2n) is 5.13. The first-order chi connectivity index (χ1) is 9.16. The number of nitrogens with zero attached hydrogens (tertiary/aromatic N) is 1. The van der Waals surface area contributed by atoms with E-state index in [-0.39, 0.29) is 11.8 Å². The molecule has 1 aromatic carbocycles. The summed E-state index contributed by atoms with van der Waals surface area (Å²) in [4.78, 5) is 11.5. The van der Waals surface area contributed by atoms with E-state index < -0.39 is 0 Å². The van der Waals surface area contributed by atoms with Gasteiger partial charge in [-0.3, -0.25) is 4.57 Å². The molecule has 0 spiro atoms. The molecule has 1 aliphatic heterocycles. The van der Waals surface area contributed by atoms with Crippen LogP contribution < -0.4 is 11.5 Å². The van der Waals surface area contributed by atoms with Crippen LogP contribution in [0.1, 0.15) is 24.4 Å². The summed E-state index contributed by atoms with van der Waals surface area (Å²) in [6.45, 7) is 1.56. The molecule has 0 saturated carbocycles. The quantitative estimate of drug-likeness (QED) is 0.891. The van der Waals surface area contributed by atoms with Gasteiger partial charge in [0.15, 0.2) is 5.58 Å². The minimum Gasteiger partial charge on any atom is -0.408 e. The molecule has 1 aliphatic rings. The zero-order chi connectivity index (χ0) is 13.4. The number of hydrogen-bond acceptors (Lipinski definition) is 4. The first-order valence-electron chi connectivity index (χ1n) is 6.59. The third kappa shape index (κ3) is 2.19. The van der Waals surface area contributed by atoms with Crippen LogP contribution in [0.2, 0.25) is 0 Å². The average molecular weight is 262 g/mol. The molecule has 5 nitrogen and oxygen atoms in total. The van der Waals surface area contributed by atoms with Gasteiger partial charge in [-0.25, -0.2) is 4.79 Å². The minimum absolute atomic E-state index is 0.0289. The Morgan fingerprint density at radius 2 is 2.11 bits per heavy atom. The number of rotatable bonds is 2. The molecule has 5 heteroatoms. The number of ether oxygens (including phenoxy) is 1. The zero-order valence-electron chi connectivity index (χ0n) is 11.0. The Hall–Kier alpha value is -1.59. The normalized spacial score (nSPS) is 18.8. The van der Waals surface area contributed by atoms with Crippen molar-refractivity contribution in [1.82, 2.24) is 4.57 Å². The maximum atomic E-state index is 11.5. The van der Waals surface area contributed by atoms with E-state index in [1.807, 2.05) is 18.2 Å². The van der Waals surface area contributed by atoms with Crippen LogP contribution in [0.5, 0.6) is 0 Å². The Morgan fingerprint density at radius 1 is 1.37 bits per heavy atom. The smallest absolute Gasteiger partial charge is 0.408 e. The number of aryl methyl sites for hydroxylation is 1. The van der Waals surface area contributed by atoms with E-state index in [9.17, 15) is 4.79 Å². The zero-order valence-corrected chi connectivity index (χ0v) is 11.0. The van der Waals surface area contributed by atoms with Crippen molar-refractivity contribution in [1.29, 1.82) is 0 Å². The number of aromatic nitrogens is 1. The third-order valence-corrected chi connectivity index (χ3v) is 3.98. The van der Waals surface area contributed by atoms with Gasteiger partial charge in [0.2, 0.25) is 0 Å². The van der Waals surface area contributed by atoms with Crippen LogP contribution in [0.15, 0.2) is 27.4 Å². The molecular formula is C14H18N2O3. The largest absolute Gasteiger partial charge is 0.419 e. The highest BCUT2D eigenvalue weighted by molar-refractivity contribution is 5.73. The first-order valence-corrected chi connectivity index (χ1v) is 6.59. The molecule has 1 unspecified atom stereocenters. The predicted molar refractivity (Wildman–Crippen MR) is 71.9 cm³/mol. The molecule has 0 radical (unpaired) electrons. The lowest BCUT2D eigenvalue weighted by atomic mass is 9.88. The van der Waals surface area contributed by atoms with Crippen molar-refractivity contribution in [2.45, 2.75) is 18.9 Å². The summed E-state index contributed by atoms with van der Waals surface area (Å²) in [5.41, 5.74) is 8.75. The van der Waals surface area contributed by atoms with E-state index in [0.29, 0.717) is 11.5 Å². The van der Waals surface area contributed by atoms with Crippen LogP contribution in [0.25, 0.3) is 11.1 Å². The standard InChI is InChI=1S/C14H18N2O3/c1-16-11-3-2-10(8-12(11)19-14(16)17)13(15)9-4-6-18-7-5-9/h2-3,8-9,13H,4-7,15H2,1H3. The molecule has 0 aliphatic carbocycles. The van der Waals surface area contributed by atoms with Gasteiger partial charge >= 0.3 is 5.76 Å². The third-order valence-electron chi connectivity index (χ3n) is 3.98. The maximum Gasteiger partial charge on any atom is 0.419 e. The molecule has 1 aromatic heterocycles. The number of nitrogens with two attached hydrogens (primary N) is 1. The van der Waals surface area contributed by atoms with Gasteiger partial charge in [-0.2, -0.15) is 0 Å². The summed E-state index contributed by atoms with van der Waals surface area (Å²) >= 11 is 0. The molecule has 2 heterocycles. The van der Waals surface area contributed by atoms with E-state index in [0.717, 1.165) is 37.1 Å². The van der Waals surface area contributed by atoms with Gasteiger partial charge in [0, 0.05) is 26.3 Å². The summed E-state index contributed by atoms with van der Waals surface area (Å²) in [6.07, 6.45) is 1.97. The van der Waals surface area contributed by atoms with Crippen molar-refractivity contribution in [3.8, 4) is 0 Å². The van der Waals surface area contributed by atoms with E-state index in [2.05, 4.69) is 0 Å². The summed E-state index contributed by atoms with van der Waals surface area (Å²) in [7, 11) is 1.70. The molecular weight excluding hydrogens is 244 g/mol. The van der Waals surface area contributed by atoms with Gasteiger partial charge in [-0.1, -0.05) is 6.07 Å². The molecule has 1 saturated heterocycles. The van der Waals surface area contributed by atoms with Crippen molar-refractivity contribution in [3.63, 3.8) is 0 Å². The Kier molecular flexibility index (Phi) is 3.16. The highest BCUT2D eigenvalue weighted by Gasteiger charge is 2.23. The lowest BCUT2D eigenvalue weighted by Crippen LogP contribution is -2.27. The second kappa shape index (κ2) is 4.83. The van der Waals surface area contributed by atoms with Crippen LogP contribution in [0.3, 0.4) is 0 Å². The van der Waals surface area contributed by atoms with E-state index in [1.165, 1.54) is 4.57 Å². The lowest BCUT2D eigenvalue weighted by molar-refractivity contribution is 0.0584.